The summed E-state index contributed by atoms with van der Waals surface area (Å²) in [6.07, 6.45) is 0. The second-order valence-electron chi connectivity index (χ2n) is 4.08. The molecule has 17 heavy (non-hydrogen) atoms. The van der Waals surface area contributed by atoms with Gasteiger partial charge in [-0.3, -0.25) is 4.79 Å². The van der Waals surface area contributed by atoms with Gasteiger partial charge in [-0.25, -0.2) is 0 Å². The Hall–Kier alpha value is -1.51. The molecular weight excluding hydrogens is 216 g/mol. The van der Waals surface area contributed by atoms with Crippen molar-refractivity contribution in [2.45, 2.75) is 27.7 Å². The molecule has 0 radical (unpaired) electrons. The monoisotopic (exact) mass is 236 g/mol. The van der Waals surface area contributed by atoms with E-state index in [4.69, 9.17) is 9.47 Å². The number of hydrogen-bond donors (Lipinski definition) is 0. The fraction of sp³-hybridized carbons (Fsp3) is 0.500. The van der Waals surface area contributed by atoms with Gasteiger partial charge in [0.15, 0.2) is 5.78 Å². The molecule has 0 N–H and O–H groups in total. The maximum absolute atomic E-state index is 11.9. The Bertz CT molecular complexity index is 359. The highest BCUT2D eigenvalue weighted by Crippen LogP contribution is 2.24. The van der Waals surface area contributed by atoms with Crippen LogP contribution in [-0.4, -0.2) is 19.0 Å². The molecule has 94 valence electrons. The molecule has 0 saturated heterocycles. The van der Waals surface area contributed by atoms with E-state index >= 15 is 0 Å². The van der Waals surface area contributed by atoms with Crippen LogP contribution in [0.3, 0.4) is 0 Å². The van der Waals surface area contributed by atoms with E-state index in [0.717, 1.165) is 0 Å². The van der Waals surface area contributed by atoms with Gasteiger partial charge in [0, 0.05) is 17.5 Å². The average molecular weight is 236 g/mol. The third kappa shape index (κ3) is 3.77. The normalized spacial score (nSPS) is 10.4. The fourth-order valence-electron chi connectivity index (χ4n) is 1.55. The summed E-state index contributed by atoms with van der Waals surface area (Å²) in [5, 5.41) is 0. The molecule has 0 fully saturated rings. The number of carbonyl (C=O) groups excluding carboxylic acids is 1. The number of hydrogen-bond acceptors (Lipinski definition) is 3. The van der Waals surface area contributed by atoms with Crippen LogP contribution in [0.15, 0.2) is 18.2 Å². The molecule has 0 aliphatic heterocycles. The lowest BCUT2D eigenvalue weighted by Crippen LogP contribution is -2.08. The molecule has 0 aliphatic carbocycles. The minimum atomic E-state index is -0.0265. The van der Waals surface area contributed by atoms with Crippen LogP contribution in [0.4, 0.5) is 0 Å². The van der Waals surface area contributed by atoms with Crippen LogP contribution in [0.1, 0.15) is 38.1 Å². The number of ether oxygens (including phenoxy) is 2. The summed E-state index contributed by atoms with van der Waals surface area (Å²) in [5.41, 5.74) is 0.648. The molecule has 0 heterocycles. The Morgan fingerprint density at radius 1 is 1.06 bits per heavy atom. The molecule has 1 aromatic rings. The van der Waals surface area contributed by atoms with Crippen LogP contribution >= 0.6 is 0 Å². The fourth-order valence-corrected chi connectivity index (χ4v) is 1.55. The van der Waals surface area contributed by atoms with E-state index in [1.165, 1.54) is 0 Å². The summed E-state index contributed by atoms with van der Waals surface area (Å²) in [7, 11) is 0. The molecule has 0 amide bonds. The molecular formula is C14H20O3. The summed E-state index contributed by atoms with van der Waals surface area (Å²) >= 11 is 0. The highest BCUT2D eigenvalue weighted by atomic mass is 16.5. The van der Waals surface area contributed by atoms with Gasteiger partial charge in [-0.1, -0.05) is 13.8 Å². The minimum Gasteiger partial charge on any atom is -0.494 e. The van der Waals surface area contributed by atoms with Crippen LogP contribution in [-0.2, 0) is 0 Å². The van der Waals surface area contributed by atoms with E-state index in [0.29, 0.717) is 30.3 Å². The highest BCUT2D eigenvalue weighted by molar-refractivity contribution is 5.98. The van der Waals surface area contributed by atoms with Gasteiger partial charge in [0.2, 0.25) is 0 Å². The Morgan fingerprint density at radius 2 is 1.53 bits per heavy atom. The van der Waals surface area contributed by atoms with Crippen molar-refractivity contribution in [2.24, 2.45) is 5.92 Å². The number of carbonyl (C=O) groups is 1. The Kier molecular flexibility index (Phi) is 5.01. The van der Waals surface area contributed by atoms with Crippen LogP contribution in [0.25, 0.3) is 0 Å². The predicted molar refractivity (Wildman–Crippen MR) is 67.9 cm³/mol. The van der Waals surface area contributed by atoms with Crippen molar-refractivity contribution in [2.75, 3.05) is 13.2 Å². The van der Waals surface area contributed by atoms with Gasteiger partial charge in [-0.2, -0.15) is 0 Å². The van der Waals surface area contributed by atoms with E-state index in [9.17, 15) is 4.79 Å². The predicted octanol–water partition coefficient (Wildman–Crippen LogP) is 3.32. The molecule has 0 aromatic heterocycles. The van der Waals surface area contributed by atoms with Gasteiger partial charge in [0.25, 0.3) is 0 Å². The number of Topliss-reactive ketones (excluding diaryl/α,β-unsaturated/α-hetero) is 1. The minimum absolute atomic E-state index is 0.0265. The highest BCUT2D eigenvalue weighted by Gasteiger charge is 2.13. The van der Waals surface area contributed by atoms with E-state index in [2.05, 4.69) is 0 Å². The lowest BCUT2D eigenvalue weighted by atomic mass is 10.0. The molecule has 0 bridgehead atoms. The maximum Gasteiger partial charge on any atom is 0.165 e. The second kappa shape index (κ2) is 6.28. The van der Waals surface area contributed by atoms with Gasteiger partial charge in [0.05, 0.1) is 13.2 Å². The lowest BCUT2D eigenvalue weighted by Gasteiger charge is -2.11. The Morgan fingerprint density at radius 3 is 1.88 bits per heavy atom. The zero-order valence-electron chi connectivity index (χ0n) is 10.9. The third-order valence-electron chi connectivity index (χ3n) is 2.31. The summed E-state index contributed by atoms with van der Waals surface area (Å²) in [5.74, 6) is 1.44. The standard InChI is InChI=1S/C14H20O3/c1-5-16-12-7-11(14(15)10(3)4)8-13(9-12)17-6-2/h7-10H,5-6H2,1-4H3. The molecule has 0 spiro atoms. The smallest absolute Gasteiger partial charge is 0.165 e. The number of rotatable bonds is 6. The first-order valence-electron chi connectivity index (χ1n) is 6.03. The van der Waals surface area contributed by atoms with Crippen molar-refractivity contribution < 1.29 is 14.3 Å². The summed E-state index contributed by atoms with van der Waals surface area (Å²) in [6.45, 7) is 8.75. The second-order valence-corrected chi connectivity index (χ2v) is 4.08. The Balaban J connectivity index is 3.06. The van der Waals surface area contributed by atoms with E-state index in [-0.39, 0.29) is 11.7 Å². The van der Waals surface area contributed by atoms with Gasteiger partial charge in [-0.15, -0.1) is 0 Å². The van der Waals surface area contributed by atoms with E-state index < -0.39 is 0 Å². The molecule has 1 aromatic carbocycles. The number of ketones is 1. The van der Waals surface area contributed by atoms with Crippen molar-refractivity contribution in [3.8, 4) is 11.5 Å². The first kappa shape index (κ1) is 13.6. The van der Waals surface area contributed by atoms with Crippen molar-refractivity contribution in [3.05, 3.63) is 23.8 Å². The molecule has 1 rings (SSSR count). The molecule has 0 atom stereocenters. The van der Waals surface area contributed by atoms with Gasteiger partial charge < -0.3 is 9.47 Å². The molecule has 3 nitrogen and oxygen atoms in total. The zero-order valence-corrected chi connectivity index (χ0v) is 10.9. The molecule has 3 heteroatoms. The zero-order chi connectivity index (χ0) is 12.8. The Labute approximate surface area is 103 Å². The van der Waals surface area contributed by atoms with Gasteiger partial charge in [-0.05, 0) is 26.0 Å². The number of benzene rings is 1. The van der Waals surface area contributed by atoms with Crippen molar-refractivity contribution in [1.29, 1.82) is 0 Å². The first-order valence-corrected chi connectivity index (χ1v) is 6.03. The lowest BCUT2D eigenvalue weighted by molar-refractivity contribution is 0.0938. The maximum atomic E-state index is 11.9. The van der Waals surface area contributed by atoms with Gasteiger partial charge in [0.1, 0.15) is 11.5 Å². The average Bonchev–Trinajstić information content (AvgIpc) is 2.28. The first-order chi connectivity index (χ1) is 8.08. The summed E-state index contributed by atoms with van der Waals surface area (Å²) < 4.78 is 10.9. The van der Waals surface area contributed by atoms with Crippen molar-refractivity contribution in [3.63, 3.8) is 0 Å². The topological polar surface area (TPSA) is 35.5 Å². The third-order valence-corrected chi connectivity index (χ3v) is 2.31. The largest absolute Gasteiger partial charge is 0.494 e. The van der Waals surface area contributed by atoms with Crippen molar-refractivity contribution in [1.82, 2.24) is 0 Å². The van der Waals surface area contributed by atoms with Crippen LogP contribution in [0, 0.1) is 5.92 Å². The molecule has 0 saturated carbocycles. The van der Waals surface area contributed by atoms with Crippen LogP contribution < -0.4 is 9.47 Å². The molecule has 0 aliphatic rings. The SMILES string of the molecule is CCOc1cc(OCC)cc(C(=O)C(C)C)c1. The van der Waals surface area contributed by atoms with E-state index in [1.54, 1.807) is 12.1 Å². The summed E-state index contributed by atoms with van der Waals surface area (Å²) in [4.78, 5) is 11.9. The molecule has 0 unspecified atom stereocenters. The van der Waals surface area contributed by atoms with Crippen LogP contribution in [0.5, 0.6) is 11.5 Å². The van der Waals surface area contributed by atoms with Gasteiger partial charge >= 0.3 is 0 Å². The summed E-state index contributed by atoms with van der Waals surface area (Å²) in [6, 6.07) is 5.35. The van der Waals surface area contributed by atoms with E-state index in [1.807, 2.05) is 33.8 Å². The quantitative estimate of drug-likeness (QED) is 0.711. The van der Waals surface area contributed by atoms with Crippen molar-refractivity contribution >= 4 is 5.78 Å². The van der Waals surface area contributed by atoms with Crippen LogP contribution in [0.2, 0.25) is 0 Å².